The quantitative estimate of drug-likeness (QED) is 0.109. The highest BCUT2D eigenvalue weighted by atomic mass is 16.5. The summed E-state index contributed by atoms with van der Waals surface area (Å²) >= 11 is 0. The minimum Gasteiger partial charge on any atom is -0.457 e. The van der Waals surface area contributed by atoms with E-state index in [1.54, 1.807) is 0 Å². The maximum absolute atomic E-state index is 6.39. The molecular formula is C54H38O6. The molecule has 0 spiro atoms. The monoisotopic (exact) mass is 782 g/mol. The van der Waals surface area contributed by atoms with E-state index >= 15 is 0 Å². The standard InChI is InChI=1S/C54H38O6/c1-3-20-43(21-4-1)55-47-26-14-27-48(37-47)56-45-24-12-18-41(35-45)39-16-11-17-40(34-39)42-19-13-25-46(36-42)57-49-28-15-29-50(38-49)59-52-31-8-10-33-54(52)60-53-32-9-7-30-51(53)58-44-22-5-2-6-23-44/h1-38H. The molecule has 0 amide bonds. The number of para-hydroxylation sites is 6. The van der Waals surface area contributed by atoms with Gasteiger partial charge in [0.05, 0.1) is 0 Å². The zero-order valence-electron chi connectivity index (χ0n) is 32.4. The van der Waals surface area contributed by atoms with E-state index in [-0.39, 0.29) is 0 Å². The van der Waals surface area contributed by atoms with Crippen LogP contribution in [0, 0.1) is 0 Å². The fourth-order valence-electron chi connectivity index (χ4n) is 6.55. The van der Waals surface area contributed by atoms with Gasteiger partial charge in [-0.25, -0.2) is 0 Å². The van der Waals surface area contributed by atoms with Gasteiger partial charge in [-0.05, 0) is 125 Å². The van der Waals surface area contributed by atoms with Gasteiger partial charge in [-0.1, -0.05) is 115 Å². The fraction of sp³-hybridized carbons (Fsp3) is 0. The number of hydrogen-bond donors (Lipinski definition) is 0. The van der Waals surface area contributed by atoms with E-state index in [0.717, 1.165) is 39.5 Å². The lowest BCUT2D eigenvalue weighted by Gasteiger charge is -2.15. The van der Waals surface area contributed by atoms with Crippen LogP contribution in [-0.4, -0.2) is 0 Å². The van der Waals surface area contributed by atoms with Crippen LogP contribution in [0.5, 0.6) is 69.0 Å². The highest BCUT2D eigenvalue weighted by Gasteiger charge is 2.13. The predicted molar refractivity (Wildman–Crippen MR) is 236 cm³/mol. The van der Waals surface area contributed by atoms with Gasteiger partial charge in [-0.2, -0.15) is 0 Å². The number of benzene rings is 9. The van der Waals surface area contributed by atoms with E-state index in [1.165, 1.54) is 0 Å². The van der Waals surface area contributed by atoms with Crippen molar-refractivity contribution in [3.63, 3.8) is 0 Å². The molecule has 9 aromatic carbocycles. The van der Waals surface area contributed by atoms with Gasteiger partial charge in [0.2, 0.25) is 0 Å². The van der Waals surface area contributed by atoms with Crippen molar-refractivity contribution in [3.8, 4) is 91.2 Å². The molecule has 0 saturated carbocycles. The molecule has 290 valence electrons. The predicted octanol–water partition coefficient (Wildman–Crippen LogP) is 15.8. The minimum atomic E-state index is 0.543. The zero-order chi connectivity index (χ0) is 40.4. The first-order chi connectivity index (χ1) is 29.7. The molecule has 0 N–H and O–H groups in total. The van der Waals surface area contributed by atoms with Crippen molar-refractivity contribution in [1.29, 1.82) is 0 Å². The second-order valence-corrected chi connectivity index (χ2v) is 13.7. The molecule has 0 aliphatic heterocycles. The number of ether oxygens (including phenoxy) is 6. The second kappa shape index (κ2) is 17.9. The first-order valence-corrected chi connectivity index (χ1v) is 19.5. The summed E-state index contributed by atoms with van der Waals surface area (Å²) in [5.74, 6) is 7.78. The van der Waals surface area contributed by atoms with E-state index in [9.17, 15) is 0 Å². The Labute approximate surface area is 349 Å². The van der Waals surface area contributed by atoms with Crippen LogP contribution in [-0.2, 0) is 0 Å². The molecule has 0 heterocycles. The third-order valence-corrected chi connectivity index (χ3v) is 9.38. The van der Waals surface area contributed by atoms with Crippen molar-refractivity contribution in [3.05, 3.63) is 231 Å². The Morgan fingerprint density at radius 2 is 0.433 bits per heavy atom. The molecule has 0 aromatic heterocycles. The summed E-state index contributed by atoms with van der Waals surface area (Å²) in [5, 5.41) is 0. The van der Waals surface area contributed by atoms with Crippen LogP contribution in [0.15, 0.2) is 231 Å². The SMILES string of the molecule is c1ccc(Oc2cccc(Oc3cccc(-c4cccc(-c5cccc(Oc6cccc(Oc7ccccc7Oc7ccccc7Oc7ccccc7)c6)c5)c4)c3)c2)cc1. The normalized spacial score (nSPS) is 10.7. The third kappa shape index (κ3) is 9.48. The molecule has 6 nitrogen and oxygen atoms in total. The van der Waals surface area contributed by atoms with E-state index in [4.69, 9.17) is 28.4 Å². The molecule has 9 aromatic rings. The highest BCUT2D eigenvalue weighted by molar-refractivity contribution is 5.74. The first kappa shape index (κ1) is 37.4. The van der Waals surface area contributed by atoms with Gasteiger partial charge in [-0.3, -0.25) is 0 Å². The molecule has 0 aliphatic carbocycles. The van der Waals surface area contributed by atoms with E-state index in [0.29, 0.717) is 51.7 Å². The smallest absolute Gasteiger partial charge is 0.170 e. The summed E-state index contributed by atoms with van der Waals surface area (Å²) in [6.45, 7) is 0. The number of hydrogen-bond acceptors (Lipinski definition) is 6. The maximum atomic E-state index is 6.39. The molecule has 60 heavy (non-hydrogen) atoms. The van der Waals surface area contributed by atoms with Crippen LogP contribution in [0.4, 0.5) is 0 Å². The van der Waals surface area contributed by atoms with Crippen LogP contribution >= 0.6 is 0 Å². The Morgan fingerprint density at radius 1 is 0.167 bits per heavy atom. The lowest BCUT2D eigenvalue weighted by Crippen LogP contribution is -1.93. The average molecular weight is 783 g/mol. The summed E-state index contributed by atoms with van der Waals surface area (Å²) < 4.78 is 37.5. The molecular weight excluding hydrogens is 745 g/mol. The maximum Gasteiger partial charge on any atom is 0.170 e. The van der Waals surface area contributed by atoms with Crippen molar-refractivity contribution < 1.29 is 28.4 Å². The van der Waals surface area contributed by atoms with Gasteiger partial charge >= 0.3 is 0 Å². The summed E-state index contributed by atoms with van der Waals surface area (Å²) in [6.07, 6.45) is 0. The molecule has 0 aliphatic rings. The van der Waals surface area contributed by atoms with Gasteiger partial charge in [0.1, 0.15) is 46.0 Å². The Bertz CT molecular complexity index is 2840. The molecule has 0 bridgehead atoms. The first-order valence-electron chi connectivity index (χ1n) is 19.5. The van der Waals surface area contributed by atoms with Crippen molar-refractivity contribution >= 4 is 0 Å². The lowest BCUT2D eigenvalue weighted by molar-refractivity contribution is 0.393. The van der Waals surface area contributed by atoms with E-state index in [2.05, 4.69) is 36.4 Å². The van der Waals surface area contributed by atoms with Crippen LogP contribution in [0.1, 0.15) is 0 Å². The Kier molecular flexibility index (Phi) is 11.2. The minimum absolute atomic E-state index is 0.543. The lowest BCUT2D eigenvalue weighted by atomic mass is 9.99. The highest BCUT2D eigenvalue weighted by Crippen LogP contribution is 2.41. The molecule has 6 heteroatoms. The van der Waals surface area contributed by atoms with Gasteiger partial charge < -0.3 is 28.4 Å². The molecule has 9 rings (SSSR count). The van der Waals surface area contributed by atoms with Crippen molar-refractivity contribution in [1.82, 2.24) is 0 Å². The van der Waals surface area contributed by atoms with Gasteiger partial charge in [0.15, 0.2) is 23.0 Å². The van der Waals surface area contributed by atoms with Gasteiger partial charge in [0, 0.05) is 12.1 Å². The zero-order valence-corrected chi connectivity index (χ0v) is 32.4. The molecule has 0 unspecified atom stereocenters. The molecule has 0 fully saturated rings. The summed E-state index contributed by atoms with van der Waals surface area (Å²) in [6, 6.07) is 74.2. The summed E-state index contributed by atoms with van der Waals surface area (Å²) in [4.78, 5) is 0. The average Bonchev–Trinajstić information content (AvgIpc) is 3.29. The van der Waals surface area contributed by atoms with E-state index < -0.39 is 0 Å². The Balaban J connectivity index is 0.877. The van der Waals surface area contributed by atoms with Crippen molar-refractivity contribution in [2.24, 2.45) is 0 Å². The van der Waals surface area contributed by atoms with Gasteiger partial charge in [0.25, 0.3) is 0 Å². The topological polar surface area (TPSA) is 55.4 Å². The van der Waals surface area contributed by atoms with Gasteiger partial charge in [-0.15, -0.1) is 0 Å². The summed E-state index contributed by atoms with van der Waals surface area (Å²) in [5.41, 5.74) is 4.17. The Hall–Kier alpha value is -8.22. The largest absolute Gasteiger partial charge is 0.457 e. The third-order valence-electron chi connectivity index (χ3n) is 9.38. The Morgan fingerprint density at radius 3 is 0.883 bits per heavy atom. The summed E-state index contributed by atoms with van der Waals surface area (Å²) in [7, 11) is 0. The molecule has 0 atom stereocenters. The fourth-order valence-corrected chi connectivity index (χ4v) is 6.55. The van der Waals surface area contributed by atoms with Crippen LogP contribution in [0.3, 0.4) is 0 Å². The van der Waals surface area contributed by atoms with Crippen LogP contribution in [0.25, 0.3) is 22.3 Å². The number of rotatable bonds is 14. The molecule has 0 radical (unpaired) electrons. The van der Waals surface area contributed by atoms with E-state index in [1.807, 2.05) is 194 Å². The molecule has 0 saturated heterocycles. The second-order valence-electron chi connectivity index (χ2n) is 13.7. The van der Waals surface area contributed by atoms with Crippen molar-refractivity contribution in [2.45, 2.75) is 0 Å². The van der Waals surface area contributed by atoms with Crippen molar-refractivity contribution in [2.75, 3.05) is 0 Å². The van der Waals surface area contributed by atoms with Crippen LogP contribution in [0.2, 0.25) is 0 Å². The van der Waals surface area contributed by atoms with Crippen LogP contribution < -0.4 is 28.4 Å².